The highest BCUT2D eigenvalue weighted by molar-refractivity contribution is 5.66. The van der Waals surface area contributed by atoms with Gasteiger partial charge in [0.15, 0.2) is 0 Å². The number of carboxylic acid groups (broad SMARTS) is 1. The van der Waals surface area contributed by atoms with Crippen LogP contribution in [0.5, 0.6) is 0 Å². The molecule has 0 amide bonds. The Bertz CT molecular complexity index is 947. The van der Waals surface area contributed by atoms with Gasteiger partial charge in [0.05, 0.1) is 6.10 Å². The Morgan fingerprint density at radius 3 is 2.05 bits per heavy atom. The van der Waals surface area contributed by atoms with Crippen molar-refractivity contribution in [2.24, 2.45) is 53.3 Å². The van der Waals surface area contributed by atoms with Crippen LogP contribution < -0.4 is 21.3 Å². The standard InChI is InChI=1S/C33H56N4O3/c1-7-19-15(3)23-12-25-17(5)21(9-10-30(39)40)32(36-25)22-11-29(38)31-18(6)26(37-33(22)31)14-28-20(8-2)16(4)24(35-28)13-27(19)34-23/h7,15-29,31-38H,1,8-14H2,2-6H3,(H,39,40)/t15?,16?,17-,18?,19?,20?,21-,22?,23?,24?,25?,26?,27?,28?,29?,31?,32?,33?/m0/s1. The van der Waals surface area contributed by atoms with Gasteiger partial charge < -0.3 is 31.5 Å². The molecule has 0 aromatic heterocycles. The number of aliphatic carboxylic acids is 1. The van der Waals surface area contributed by atoms with Crippen LogP contribution in [0.15, 0.2) is 12.7 Å². The van der Waals surface area contributed by atoms with Crippen LogP contribution in [0.4, 0.5) is 0 Å². The van der Waals surface area contributed by atoms with Crippen molar-refractivity contribution in [3.05, 3.63) is 12.7 Å². The van der Waals surface area contributed by atoms with E-state index in [1.807, 2.05) is 0 Å². The van der Waals surface area contributed by atoms with Crippen molar-refractivity contribution >= 4 is 5.97 Å². The van der Waals surface area contributed by atoms with Gasteiger partial charge in [0, 0.05) is 60.7 Å². The summed E-state index contributed by atoms with van der Waals surface area (Å²) in [6.07, 6.45) is 8.20. The van der Waals surface area contributed by atoms with Gasteiger partial charge in [0.2, 0.25) is 0 Å². The molecule has 226 valence electrons. The molecule has 5 aliphatic heterocycles. The van der Waals surface area contributed by atoms with Crippen LogP contribution in [-0.2, 0) is 4.79 Å². The quantitative estimate of drug-likeness (QED) is 0.289. The highest BCUT2D eigenvalue weighted by atomic mass is 16.4. The lowest BCUT2D eigenvalue weighted by Gasteiger charge is -2.32. The molecule has 7 heteroatoms. The molecular formula is C33H56N4O3. The average Bonchev–Trinajstić information content (AvgIpc) is 3.65. The van der Waals surface area contributed by atoms with Gasteiger partial charge in [-0.15, -0.1) is 6.58 Å². The number of aliphatic hydroxyl groups excluding tert-OH is 1. The second-order valence-electron chi connectivity index (χ2n) is 15.0. The van der Waals surface area contributed by atoms with Gasteiger partial charge in [-0.1, -0.05) is 47.1 Å². The first-order chi connectivity index (χ1) is 19.1. The minimum absolute atomic E-state index is 0.222. The van der Waals surface area contributed by atoms with Gasteiger partial charge in [-0.3, -0.25) is 4.79 Å². The number of rotatable bonds is 5. The van der Waals surface area contributed by atoms with E-state index in [2.05, 4.69) is 68.5 Å². The molecule has 6 N–H and O–H groups in total. The summed E-state index contributed by atoms with van der Waals surface area (Å²) in [4.78, 5) is 11.7. The van der Waals surface area contributed by atoms with Gasteiger partial charge in [-0.25, -0.2) is 0 Å². The van der Waals surface area contributed by atoms with E-state index in [0.29, 0.717) is 96.1 Å². The molecule has 5 saturated heterocycles. The zero-order chi connectivity index (χ0) is 28.5. The third-order valence-corrected chi connectivity index (χ3v) is 13.5. The SMILES string of the molecule is C=CC1C2CC3NC(CC4NC5C(CC(O)C5C4C)C4NC(CC(N2)C1C)[C@@H](C)[C@@H]4CCC(=O)O)C(CC)C3C. The lowest BCUT2D eigenvalue weighted by Crippen LogP contribution is -2.48. The lowest BCUT2D eigenvalue weighted by atomic mass is 9.76. The molecule has 1 saturated carbocycles. The van der Waals surface area contributed by atoms with E-state index >= 15 is 0 Å². The fourth-order valence-corrected chi connectivity index (χ4v) is 11.2. The molecule has 16 unspecified atom stereocenters. The van der Waals surface area contributed by atoms with Crippen LogP contribution in [0, 0.1) is 53.3 Å². The Labute approximate surface area is 242 Å². The number of hydrogen-bond donors (Lipinski definition) is 6. The van der Waals surface area contributed by atoms with E-state index in [9.17, 15) is 15.0 Å². The summed E-state index contributed by atoms with van der Waals surface area (Å²) in [6, 6.07) is 3.17. The highest BCUT2D eigenvalue weighted by Gasteiger charge is 2.58. The van der Waals surface area contributed by atoms with Crippen LogP contribution >= 0.6 is 0 Å². The van der Waals surface area contributed by atoms with Crippen LogP contribution in [0.25, 0.3) is 0 Å². The van der Waals surface area contributed by atoms with Crippen LogP contribution in [-0.4, -0.2) is 70.6 Å². The third-order valence-electron chi connectivity index (χ3n) is 13.5. The predicted molar refractivity (Wildman–Crippen MR) is 159 cm³/mol. The lowest BCUT2D eigenvalue weighted by molar-refractivity contribution is -0.137. The average molecular weight is 557 g/mol. The van der Waals surface area contributed by atoms with Crippen molar-refractivity contribution in [2.45, 2.75) is 134 Å². The van der Waals surface area contributed by atoms with Crippen molar-refractivity contribution in [2.75, 3.05) is 0 Å². The van der Waals surface area contributed by atoms with E-state index in [4.69, 9.17) is 0 Å². The van der Waals surface area contributed by atoms with Gasteiger partial charge in [-0.2, -0.15) is 0 Å². The Morgan fingerprint density at radius 1 is 0.775 bits per heavy atom. The van der Waals surface area contributed by atoms with Crippen molar-refractivity contribution in [1.29, 1.82) is 0 Å². The fourth-order valence-electron chi connectivity index (χ4n) is 11.2. The maximum Gasteiger partial charge on any atom is 0.303 e. The molecule has 6 fully saturated rings. The summed E-state index contributed by atoms with van der Waals surface area (Å²) in [6.45, 7) is 16.2. The second kappa shape index (κ2) is 11.3. The third kappa shape index (κ3) is 4.80. The number of carbonyl (C=O) groups is 1. The molecule has 6 aliphatic rings. The first-order valence-corrected chi connectivity index (χ1v) is 16.7. The van der Waals surface area contributed by atoms with Crippen LogP contribution in [0.3, 0.4) is 0 Å². The summed E-state index contributed by atoms with van der Waals surface area (Å²) in [5, 5.41) is 37.5. The Balaban J connectivity index is 1.35. The van der Waals surface area contributed by atoms with Gasteiger partial charge >= 0.3 is 5.97 Å². The second-order valence-corrected chi connectivity index (χ2v) is 15.0. The molecule has 1 aliphatic carbocycles. The molecule has 18 atom stereocenters. The Hall–Kier alpha value is -0.990. The van der Waals surface area contributed by atoms with Crippen LogP contribution in [0.1, 0.15) is 79.6 Å². The van der Waals surface area contributed by atoms with Crippen molar-refractivity contribution in [3.63, 3.8) is 0 Å². The number of aliphatic hydroxyl groups is 1. The highest BCUT2D eigenvalue weighted by Crippen LogP contribution is 2.50. The minimum atomic E-state index is -0.699. The van der Waals surface area contributed by atoms with Gasteiger partial charge in [-0.05, 0) is 79.4 Å². The molecule has 40 heavy (non-hydrogen) atoms. The number of fused-ring (bicyclic) bond motifs is 8. The van der Waals surface area contributed by atoms with Crippen molar-refractivity contribution in [3.8, 4) is 0 Å². The van der Waals surface area contributed by atoms with Crippen LogP contribution in [0.2, 0.25) is 0 Å². The van der Waals surface area contributed by atoms with Crippen molar-refractivity contribution in [1.82, 2.24) is 21.3 Å². The van der Waals surface area contributed by atoms with Crippen molar-refractivity contribution < 1.29 is 15.0 Å². The maximum atomic E-state index is 11.7. The van der Waals surface area contributed by atoms with E-state index in [1.54, 1.807) is 0 Å². The first kappa shape index (κ1) is 29.1. The fraction of sp³-hybridized carbons (Fsp3) is 0.909. The zero-order valence-electron chi connectivity index (χ0n) is 25.4. The molecule has 0 aromatic rings. The summed E-state index contributed by atoms with van der Waals surface area (Å²) in [7, 11) is 0. The molecule has 0 radical (unpaired) electrons. The number of nitrogens with one attached hydrogen (secondary N) is 4. The summed E-state index contributed by atoms with van der Waals surface area (Å²) in [5.41, 5.74) is 0. The predicted octanol–water partition coefficient (Wildman–Crippen LogP) is 3.38. The number of hydrogen-bond acceptors (Lipinski definition) is 6. The summed E-state index contributed by atoms with van der Waals surface area (Å²) >= 11 is 0. The van der Waals surface area contributed by atoms with E-state index in [0.717, 1.165) is 25.7 Å². The monoisotopic (exact) mass is 556 g/mol. The molecule has 8 bridgehead atoms. The molecule has 7 nitrogen and oxygen atoms in total. The van der Waals surface area contributed by atoms with E-state index < -0.39 is 5.97 Å². The minimum Gasteiger partial charge on any atom is -0.481 e. The number of carboxylic acids is 1. The topological polar surface area (TPSA) is 106 Å². The molecule has 0 aromatic carbocycles. The summed E-state index contributed by atoms with van der Waals surface area (Å²) in [5.74, 6) is 3.38. The normalized spacial score (nSPS) is 55.5. The van der Waals surface area contributed by atoms with E-state index in [-0.39, 0.29) is 24.5 Å². The Kier molecular flexibility index (Phi) is 8.19. The van der Waals surface area contributed by atoms with E-state index in [1.165, 1.54) is 6.42 Å². The maximum absolute atomic E-state index is 11.7. The largest absolute Gasteiger partial charge is 0.481 e. The molecule has 5 heterocycles. The smallest absolute Gasteiger partial charge is 0.303 e. The van der Waals surface area contributed by atoms with Gasteiger partial charge in [0.25, 0.3) is 0 Å². The zero-order valence-corrected chi connectivity index (χ0v) is 25.4. The molecule has 6 rings (SSSR count). The first-order valence-electron chi connectivity index (χ1n) is 16.7. The summed E-state index contributed by atoms with van der Waals surface area (Å²) < 4.78 is 0. The molecule has 0 spiro atoms. The molecular weight excluding hydrogens is 500 g/mol. The van der Waals surface area contributed by atoms with Gasteiger partial charge in [0.1, 0.15) is 0 Å². The Morgan fingerprint density at radius 2 is 1.35 bits per heavy atom.